The van der Waals surface area contributed by atoms with E-state index in [1.54, 1.807) is 48.5 Å². The summed E-state index contributed by atoms with van der Waals surface area (Å²) in [6, 6.07) is 19.6. The number of ether oxygens (including phenoxy) is 1. The summed E-state index contributed by atoms with van der Waals surface area (Å²) in [6.07, 6.45) is 0. The standard InChI is InChI=1S/C24H24N2O3/c1-4-29-21-14-12-20(13-15-21)25-23(27)18-8-10-19(11-9-18)24(28)26-22-16(2)6-5-7-17(22)3/h5-15H,4H2,1-3H3,(H,25,27)(H,26,28). The molecule has 0 unspecified atom stereocenters. The Balaban J connectivity index is 1.66. The van der Waals surface area contributed by atoms with Crippen LogP contribution in [0.25, 0.3) is 0 Å². The molecule has 0 spiro atoms. The minimum Gasteiger partial charge on any atom is -0.494 e. The van der Waals surface area contributed by atoms with E-state index >= 15 is 0 Å². The van der Waals surface area contributed by atoms with Crippen molar-refractivity contribution in [2.24, 2.45) is 0 Å². The molecule has 0 radical (unpaired) electrons. The first-order chi connectivity index (χ1) is 14.0. The van der Waals surface area contributed by atoms with Crippen LogP contribution in [0.3, 0.4) is 0 Å². The van der Waals surface area contributed by atoms with Gasteiger partial charge in [-0.05, 0) is 80.4 Å². The van der Waals surface area contributed by atoms with Crippen LogP contribution >= 0.6 is 0 Å². The zero-order valence-corrected chi connectivity index (χ0v) is 16.8. The Hall–Kier alpha value is -3.60. The molecule has 2 N–H and O–H groups in total. The van der Waals surface area contributed by atoms with Gasteiger partial charge in [-0.2, -0.15) is 0 Å². The van der Waals surface area contributed by atoms with E-state index in [9.17, 15) is 9.59 Å². The average Bonchev–Trinajstić information content (AvgIpc) is 2.72. The maximum Gasteiger partial charge on any atom is 0.255 e. The van der Waals surface area contributed by atoms with Gasteiger partial charge >= 0.3 is 0 Å². The predicted octanol–water partition coefficient (Wildman–Crippen LogP) is 5.21. The van der Waals surface area contributed by atoms with E-state index in [0.717, 1.165) is 22.6 Å². The number of rotatable bonds is 6. The number of carbonyl (C=O) groups excluding carboxylic acids is 2. The van der Waals surface area contributed by atoms with Crippen molar-refractivity contribution >= 4 is 23.2 Å². The first kappa shape index (κ1) is 20.1. The van der Waals surface area contributed by atoms with E-state index in [-0.39, 0.29) is 11.8 Å². The molecule has 5 heteroatoms. The number of benzene rings is 3. The summed E-state index contributed by atoms with van der Waals surface area (Å²) in [7, 11) is 0. The molecule has 0 saturated carbocycles. The molecular formula is C24H24N2O3. The second-order valence-electron chi connectivity index (χ2n) is 6.71. The van der Waals surface area contributed by atoms with Gasteiger partial charge in [0.1, 0.15) is 5.75 Å². The van der Waals surface area contributed by atoms with Gasteiger partial charge in [-0.1, -0.05) is 18.2 Å². The van der Waals surface area contributed by atoms with Crippen molar-refractivity contribution in [1.82, 2.24) is 0 Å². The van der Waals surface area contributed by atoms with Crippen LogP contribution in [-0.2, 0) is 0 Å². The second kappa shape index (κ2) is 9.06. The van der Waals surface area contributed by atoms with Gasteiger partial charge in [0.2, 0.25) is 0 Å². The molecule has 3 rings (SSSR count). The Morgan fingerprint density at radius 3 is 1.79 bits per heavy atom. The maximum absolute atomic E-state index is 12.6. The molecule has 0 aliphatic carbocycles. The Kier molecular flexibility index (Phi) is 6.29. The third-order valence-electron chi connectivity index (χ3n) is 4.55. The lowest BCUT2D eigenvalue weighted by Crippen LogP contribution is -2.15. The fraction of sp³-hybridized carbons (Fsp3) is 0.167. The van der Waals surface area contributed by atoms with Gasteiger partial charge in [0.25, 0.3) is 11.8 Å². The third-order valence-corrected chi connectivity index (χ3v) is 4.55. The van der Waals surface area contributed by atoms with Crippen LogP contribution in [0.1, 0.15) is 38.8 Å². The Morgan fingerprint density at radius 1 is 0.759 bits per heavy atom. The van der Waals surface area contributed by atoms with Crippen LogP contribution in [0.2, 0.25) is 0 Å². The number of hydrogen-bond donors (Lipinski definition) is 2. The second-order valence-corrected chi connectivity index (χ2v) is 6.71. The van der Waals surface area contributed by atoms with E-state index in [2.05, 4.69) is 10.6 Å². The molecular weight excluding hydrogens is 364 g/mol. The van der Waals surface area contributed by atoms with Crippen LogP contribution in [-0.4, -0.2) is 18.4 Å². The predicted molar refractivity (Wildman–Crippen MR) is 116 cm³/mol. The van der Waals surface area contributed by atoms with Gasteiger partial charge < -0.3 is 15.4 Å². The van der Waals surface area contributed by atoms with E-state index in [4.69, 9.17) is 4.74 Å². The molecule has 29 heavy (non-hydrogen) atoms. The molecule has 5 nitrogen and oxygen atoms in total. The number of aryl methyl sites for hydroxylation is 2. The van der Waals surface area contributed by atoms with Crippen LogP contribution < -0.4 is 15.4 Å². The normalized spacial score (nSPS) is 10.3. The molecule has 0 aliphatic heterocycles. The van der Waals surface area contributed by atoms with Gasteiger partial charge in [0.05, 0.1) is 6.61 Å². The molecule has 0 aliphatic rings. The smallest absolute Gasteiger partial charge is 0.255 e. The van der Waals surface area contributed by atoms with Crippen LogP contribution in [0.5, 0.6) is 5.75 Å². The monoisotopic (exact) mass is 388 g/mol. The fourth-order valence-electron chi connectivity index (χ4n) is 2.97. The summed E-state index contributed by atoms with van der Waals surface area (Å²) in [5.74, 6) is 0.307. The first-order valence-corrected chi connectivity index (χ1v) is 9.49. The lowest BCUT2D eigenvalue weighted by Gasteiger charge is -2.12. The van der Waals surface area contributed by atoms with Gasteiger partial charge in [0.15, 0.2) is 0 Å². The highest BCUT2D eigenvalue weighted by atomic mass is 16.5. The van der Waals surface area contributed by atoms with Crippen molar-refractivity contribution in [2.45, 2.75) is 20.8 Å². The van der Waals surface area contributed by atoms with Crippen LogP contribution in [0.4, 0.5) is 11.4 Å². The van der Waals surface area contributed by atoms with Crippen molar-refractivity contribution in [1.29, 1.82) is 0 Å². The van der Waals surface area contributed by atoms with E-state index in [0.29, 0.717) is 23.4 Å². The van der Waals surface area contributed by atoms with Crippen molar-refractivity contribution in [3.63, 3.8) is 0 Å². The number of para-hydroxylation sites is 1. The highest BCUT2D eigenvalue weighted by Crippen LogP contribution is 2.21. The summed E-state index contributed by atoms with van der Waals surface area (Å²) in [4.78, 5) is 25.0. The minimum atomic E-state index is -0.240. The summed E-state index contributed by atoms with van der Waals surface area (Å²) < 4.78 is 5.39. The number of hydrogen-bond acceptors (Lipinski definition) is 3. The summed E-state index contributed by atoms with van der Waals surface area (Å²) in [5, 5.41) is 5.78. The van der Waals surface area contributed by atoms with Crippen molar-refractivity contribution in [3.8, 4) is 5.75 Å². The summed E-state index contributed by atoms with van der Waals surface area (Å²) in [5.41, 5.74) is 4.47. The number of carbonyl (C=O) groups is 2. The molecule has 0 aromatic heterocycles. The quantitative estimate of drug-likeness (QED) is 0.609. The topological polar surface area (TPSA) is 67.4 Å². The van der Waals surface area contributed by atoms with E-state index < -0.39 is 0 Å². The zero-order valence-electron chi connectivity index (χ0n) is 16.8. The number of anilines is 2. The van der Waals surface area contributed by atoms with E-state index in [1.807, 2.05) is 39.0 Å². The minimum absolute atomic E-state index is 0.208. The average molecular weight is 388 g/mol. The fourth-order valence-corrected chi connectivity index (χ4v) is 2.97. The van der Waals surface area contributed by atoms with E-state index in [1.165, 1.54) is 0 Å². The molecule has 148 valence electrons. The number of amides is 2. The molecule has 0 bridgehead atoms. The highest BCUT2D eigenvalue weighted by Gasteiger charge is 2.12. The van der Waals surface area contributed by atoms with Gasteiger partial charge in [-0.25, -0.2) is 0 Å². The third kappa shape index (κ3) is 5.02. The van der Waals surface area contributed by atoms with Gasteiger partial charge in [0, 0.05) is 22.5 Å². The summed E-state index contributed by atoms with van der Waals surface area (Å²) >= 11 is 0. The largest absolute Gasteiger partial charge is 0.494 e. The van der Waals surface area contributed by atoms with Crippen molar-refractivity contribution < 1.29 is 14.3 Å². The van der Waals surface area contributed by atoms with Crippen LogP contribution in [0, 0.1) is 13.8 Å². The Morgan fingerprint density at radius 2 is 1.28 bits per heavy atom. The van der Waals surface area contributed by atoms with Crippen molar-refractivity contribution in [3.05, 3.63) is 89.0 Å². The number of nitrogens with one attached hydrogen (secondary N) is 2. The Bertz CT molecular complexity index is 989. The highest BCUT2D eigenvalue weighted by molar-refractivity contribution is 6.07. The Labute approximate surface area is 170 Å². The lowest BCUT2D eigenvalue weighted by molar-refractivity contribution is 0.101. The maximum atomic E-state index is 12.6. The zero-order chi connectivity index (χ0) is 20.8. The van der Waals surface area contributed by atoms with Gasteiger partial charge in [-0.15, -0.1) is 0 Å². The van der Waals surface area contributed by atoms with Crippen LogP contribution in [0.15, 0.2) is 66.7 Å². The molecule has 0 atom stereocenters. The molecule has 2 amide bonds. The molecule has 0 saturated heterocycles. The molecule has 3 aromatic rings. The SMILES string of the molecule is CCOc1ccc(NC(=O)c2ccc(C(=O)Nc3c(C)cccc3C)cc2)cc1. The lowest BCUT2D eigenvalue weighted by atomic mass is 10.1. The first-order valence-electron chi connectivity index (χ1n) is 9.49. The molecule has 0 fully saturated rings. The molecule has 3 aromatic carbocycles. The summed E-state index contributed by atoms with van der Waals surface area (Å²) in [6.45, 7) is 6.42. The van der Waals surface area contributed by atoms with Gasteiger partial charge in [-0.3, -0.25) is 9.59 Å². The molecule has 0 heterocycles. The van der Waals surface area contributed by atoms with Crippen molar-refractivity contribution in [2.75, 3.05) is 17.2 Å².